The summed E-state index contributed by atoms with van der Waals surface area (Å²) in [5.41, 5.74) is 0.710. The average molecular weight is 464 g/mol. The molecule has 0 saturated heterocycles. The van der Waals surface area contributed by atoms with Gasteiger partial charge < -0.3 is 14.2 Å². The van der Waals surface area contributed by atoms with E-state index in [-0.39, 0.29) is 48.2 Å². The fourth-order valence-corrected chi connectivity index (χ4v) is 3.13. The van der Waals surface area contributed by atoms with Crippen molar-refractivity contribution in [2.45, 2.75) is 47.1 Å². The van der Waals surface area contributed by atoms with E-state index in [9.17, 15) is 14.0 Å². The van der Waals surface area contributed by atoms with E-state index < -0.39 is 11.7 Å². The lowest BCUT2D eigenvalue weighted by Crippen LogP contribution is -2.14. The Hall–Kier alpha value is -3.27. The van der Waals surface area contributed by atoms with E-state index in [1.165, 1.54) is 36.5 Å². The smallest absolute Gasteiger partial charge is 0.311 e. The Kier molecular flexibility index (Phi) is 9.33. The molecule has 32 heavy (non-hydrogen) atoms. The summed E-state index contributed by atoms with van der Waals surface area (Å²) in [5, 5.41) is 4.68. The minimum absolute atomic E-state index is 0.0213. The van der Waals surface area contributed by atoms with Gasteiger partial charge in [-0.3, -0.25) is 14.9 Å². The van der Waals surface area contributed by atoms with Crippen LogP contribution in [0.3, 0.4) is 0 Å². The molecule has 8 nitrogen and oxygen atoms in total. The van der Waals surface area contributed by atoms with Crippen LogP contribution in [0.1, 0.15) is 50.7 Å². The molecule has 0 aliphatic carbocycles. The Labute approximate surface area is 190 Å². The first-order valence-electron chi connectivity index (χ1n) is 9.98. The first-order valence-corrected chi connectivity index (χ1v) is 10.9. The van der Waals surface area contributed by atoms with Crippen LogP contribution >= 0.6 is 11.3 Å². The monoisotopic (exact) mass is 463 g/mol. The zero-order valence-electron chi connectivity index (χ0n) is 18.6. The Bertz CT molecular complexity index is 1010. The number of amides is 1. The molecule has 0 fully saturated rings. The molecule has 0 radical (unpaired) electrons. The van der Waals surface area contributed by atoms with Crippen LogP contribution in [0.4, 0.5) is 9.52 Å². The van der Waals surface area contributed by atoms with E-state index in [1.54, 1.807) is 25.3 Å². The minimum atomic E-state index is -0.470. The number of halogens is 1. The van der Waals surface area contributed by atoms with Gasteiger partial charge in [0.05, 0.1) is 30.4 Å². The van der Waals surface area contributed by atoms with Crippen LogP contribution in [-0.4, -0.2) is 34.6 Å². The van der Waals surface area contributed by atoms with Crippen LogP contribution in [0.15, 0.2) is 41.3 Å². The van der Waals surface area contributed by atoms with Crippen molar-refractivity contribution < 1.29 is 28.2 Å². The molecule has 0 spiro atoms. The van der Waals surface area contributed by atoms with Crippen LogP contribution in [0.5, 0.6) is 11.8 Å². The third-order valence-corrected chi connectivity index (χ3v) is 4.45. The number of nitrogens with zero attached hydrogens (tertiary/aromatic N) is 2. The highest BCUT2D eigenvalue weighted by Gasteiger charge is 2.16. The third-order valence-electron chi connectivity index (χ3n) is 3.65. The second kappa shape index (κ2) is 11.9. The number of anilines is 1. The van der Waals surface area contributed by atoms with Crippen LogP contribution in [0, 0.1) is 0 Å². The van der Waals surface area contributed by atoms with Gasteiger partial charge in [0.2, 0.25) is 11.8 Å². The lowest BCUT2D eigenvalue weighted by molar-refractivity contribution is -0.142. The molecule has 0 bridgehead atoms. The summed E-state index contributed by atoms with van der Waals surface area (Å²) in [6.45, 7) is 8.64. The first-order chi connectivity index (χ1) is 15.2. The van der Waals surface area contributed by atoms with Crippen molar-refractivity contribution in [3.8, 4) is 11.8 Å². The van der Waals surface area contributed by atoms with Crippen molar-refractivity contribution in [3.63, 3.8) is 0 Å². The number of allylic oxidation sites excluding steroid dienone is 3. The zero-order valence-corrected chi connectivity index (χ0v) is 19.4. The molecule has 2 aromatic heterocycles. The number of carbonyl (C=O) groups is 2. The first kappa shape index (κ1) is 25.0. The molecule has 0 atom stereocenters. The average Bonchev–Trinajstić information content (AvgIpc) is 3.13. The molecular weight excluding hydrogens is 437 g/mol. The number of hydrogen-bond donors (Lipinski definition) is 1. The summed E-state index contributed by atoms with van der Waals surface area (Å²) in [7, 11) is 0. The summed E-state index contributed by atoms with van der Waals surface area (Å²) in [4.78, 5) is 32.9. The SMILES string of the molecule is C/C=C(\C=C(/C)F)Oc1cc(C(=O)Nc2nc(CC(=O)OCC)cs2)cc(OC(C)C)n1. The second-order valence-electron chi connectivity index (χ2n) is 6.80. The predicted octanol–water partition coefficient (Wildman–Crippen LogP) is 4.84. The van der Waals surface area contributed by atoms with E-state index in [1.807, 2.05) is 13.8 Å². The van der Waals surface area contributed by atoms with Crippen molar-refractivity contribution in [1.82, 2.24) is 9.97 Å². The number of rotatable bonds is 10. The normalized spacial score (nSPS) is 12.0. The van der Waals surface area contributed by atoms with Crippen LogP contribution < -0.4 is 14.8 Å². The molecule has 0 aliphatic heterocycles. The van der Waals surface area contributed by atoms with Crippen LogP contribution in [0.25, 0.3) is 0 Å². The Morgan fingerprint density at radius 3 is 2.59 bits per heavy atom. The molecule has 1 N–H and O–H groups in total. The van der Waals surface area contributed by atoms with Gasteiger partial charge in [-0.15, -0.1) is 11.3 Å². The molecule has 2 heterocycles. The molecule has 2 aromatic rings. The van der Waals surface area contributed by atoms with Crippen molar-refractivity contribution in [3.05, 3.63) is 52.5 Å². The number of aromatic nitrogens is 2. The minimum Gasteiger partial charge on any atom is -0.475 e. The fraction of sp³-hybridized carbons (Fsp3) is 0.364. The van der Waals surface area contributed by atoms with E-state index >= 15 is 0 Å². The highest BCUT2D eigenvalue weighted by Crippen LogP contribution is 2.23. The van der Waals surface area contributed by atoms with Crippen LogP contribution in [-0.2, 0) is 16.0 Å². The number of esters is 1. The number of hydrogen-bond acceptors (Lipinski definition) is 8. The van der Waals surface area contributed by atoms with Gasteiger partial charge in [0.15, 0.2) is 5.13 Å². The summed E-state index contributed by atoms with van der Waals surface area (Å²) in [6, 6.07) is 2.89. The summed E-state index contributed by atoms with van der Waals surface area (Å²) in [6.07, 6.45) is 2.61. The molecule has 1 amide bonds. The quantitative estimate of drug-likeness (QED) is 0.306. The van der Waals surface area contributed by atoms with Gasteiger partial charge in [-0.05, 0) is 40.7 Å². The Balaban J connectivity index is 2.23. The van der Waals surface area contributed by atoms with Gasteiger partial charge in [-0.2, -0.15) is 4.98 Å². The van der Waals surface area contributed by atoms with E-state index in [2.05, 4.69) is 15.3 Å². The van der Waals surface area contributed by atoms with E-state index in [0.29, 0.717) is 10.8 Å². The van der Waals surface area contributed by atoms with Gasteiger partial charge >= 0.3 is 5.97 Å². The van der Waals surface area contributed by atoms with Gasteiger partial charge in [0.25, 0.3) is 5.91 Å². The van der Waals surface area contributed by atoms with Crippen molar-refractivity contribution in [2.75, 3.05) is 11.9 Å². The molecule has 10 heteroatoms. The number of thiazole rings is 1. The molecule has 172 valence electrons. The molecule has 0 unspecified atom stereocenters. The maximum Gasteiger partial charge on any atom is 0.311 e. The Morgan fingerprint density at radius 2 is 1.97 bits per heavy atom. The third kappa shape index (κ3) is 8.10. The van der Waals surface area contributed by atoms with Gasteiger partial charge in [-0.25, -0.2) is 9.37 Å². The van der Waals surface area contributed by atoms with E-state index in [4.69, 9.17) is 14.2 Å². The highest BCUT2D eigenvalue weighted by atomic mass is 32.1. The number of nitrogens with one attached hydrogen (secondary N) is 1. The van der Waals surface area contributed by atoms with Gasteiger partial charge in [-0.1, -0.05) is 0 Å². The van der Waals surface area contributed by atoms with Gasteiger partial charge in [0.1, 0.15) is 11.6 Å². The number of ether oxygens (including phenoxy) is 3. The number of carbonyl (C=O) groups excluding carboxylic acids is 2. The lowest BCUT2D eigenvalue weighted by atomic mass is 10.2. The predicted molar refractivity (Wildman–Crippen MR) is 120 cm³/mol. The van der Waals surface area contributed by atoms with Crippen molar-refractivity contribution >= 4 is 28.3 Å². The largest absolute Gasteiger partial charge is 0.475 e. The molecule has 0 saturated carbocycles. The lowest BCUT2D eigenvalue weighted by Gasteiger charge is -2.13. The summed E-state index contributed by atoms with van der Waals surface area (Å²) in [5.74, 6) is -0.814. The second-order valence-corrected chi connectivity index (χ2v) is 7.66. The van der Waals surface area contributed by atoms with Crippen molar-refractivity contribution in [1.29, 1.82) is 0 Å². The zero-order chi connectivity index (χ0) is 23.7. The maximum atomic E-state index is 13.3. The molecule has 2 rings (SSSR count). The van der Waals surface area contributed by atoms with Gasteiger partial charge in [0, 0.05) is 23.6 Å². The topological polar surface area (TPSA) is 99.6 Å². The van der Waals surface area contributed by atoms with Crippen molar-refractivity contribution in [2.24, 2.45) is 0 Å². The fourth-order valence-electron chi connectivity index (χ4n) is 2.43. The summed E-state index contributed by atoms with van der Waals surface area (Å²) >= 11 is 1.19. The van der Waals surface area contributed by atoms with E-state index in [0.717, 1.165) is 0 Å². The Morgan fingerprint density at radius 1 is 1.25 bits per heavy atom. The number of pyridine rings is 1. The maximum absolute atomic E-state index is 13.3. The van der Waals surface area contributed by atoms with Crippen LogP contribution in [0.2, 0.25) is 0 Å². The highest BCUT2D eigenvalue weighted by molar-refractivity contribution is 7.14. The molecule has 0 aromatic carbocycles. The molecule has 0 aliphatic rings. The standard InChI is InChI=1S/C22H26FN3O5S/c1-6-17(8-14(5)23)31-19-10-15(9-18(25-19)30-13(3)4)21(28)26-22-24-16(12-32-22)11-20(27)29-7-2/h6,8-10,12-13H,7,11H2,1-5H3,(H,24,26,28)/b14-8+,17-6+. The molecular formula is C22H26FN3O5S. The summed E-state index contributed by atoms with van der Waals surface area (Å²) < 4.78 is 29.4.